The molecule has 6 nitrogen and oxygen atoms in total. The van der Waals surface area contributed by atoms with Crippen LogP contribution in [-0.4, -0.2) is 30.3 Å². The average molecular weight is 452 g/mol. The number of pyridine rings is 2. The van der Waals surface area contributed by atoms with Gasteiger partial charge >= 0.3 is 0 Å². The number of aryl methyl sites for hydroxylation is 1. The zero-order chi connectivity index (χ0) is 22.9. The van der Waals surface area contributed by atoms with Crippen LogP contribution in [0.15, 0.2) is 65.6 Å². The van der Waals surface area contributed by atoms with E-state index in [0.29, 0.717) is 24.8 Å². The van der Waals surface area contributed by atoms with Crippen LogP contribution >= 0.6 is 0 Å². The van der Waals surface area contributed by atoms with Gasteiger partial charge in [-0.2, -0.15) is 0 Å². The molecule has 2 atom stereocenters. The smallest absolute Gasteiger partial charge is 0.254 e. The number of nitrogens with one attached hydrogen (secondary N) is 1. The lowest BCUT2D eigenvalue weighted by atomic mass is 9.78. The molecule has 2 unspecified atom stereocenters. The number of aromatic nitrogens is 2. The van der Waals surface area contributed by atoms with Gasteiger partial charge in [0.1, 0.15) is 0 Å². The Labute approximate surface area is 189 Å². The molecule has 1 aromatic carbocycles. The Morgan fingerprint density at radius 3 is 2.53 bits per heavy atom. The molecule has 7 heteroatoms. The minimum atomic E-state index is -3.42. The van der Waals surface area contributed by atoms with E-state index in [-0.39, 0.29) is 23.6 Å². The summed E-state index contributed by atoms with van der Waals surface area (Å²) in [6.45, 7) is 3.95. The number of hydrogen-bond acceptors (Lipinski definition) is 4. The highest BCUT2D eigenvalue weighted by atomic mass is 32.2. The Morgan fingerprint density at radius 2 is 1.84 bits per heavy atom. The van der Waals surface area contributed by atoms with Crippen LogP contribution in [0.5, 0.6) is 0 Å². The Kier molecular flexibility index (Phi) is 6.31. The van der Waals surface area contributed by atoms with Gasteiger partial charge in [-0.1, -0.05) is 36.4 Å². The van der Waals surface area contributed by atoms with Crippen LogP contribution < -0.4 is 10.3 Å². The Balaban J connectivity index is 1.78. The molecule has 0 radical (unpaired) electrons. The standard InChI is InChI=1S/C25H29N3O3S/c1-17(2)28-15-14-19-12-13-23(27-32(3,30)31)21(24(19)25(28)29)16-20-10-7-11-22(26-20)18-8-5-4-6-9-18/h4-11,14-15,17,21,23,27H,12-13,16H2,1-3H3. The molecule has 0 aliphatic heterocycles. The van der Waals surface area contributed by atoms with E-state index in [9.17, 15) is 13.2 Å². The minimum absolute atomic E-state index is 0.0243. The third-order valence-corrected chi connectivity index (χ3v) is 6.79. The first-order chi connectivity index (χ1) is 15.2. The van der Waals surface area contributed by atoms with Crippen LogP contribution in [0, 0.1) is 0 Å². The number of benzene rings is 1. The summed E-state index contributed by atoms with van der Waals surface area (Å²) < 4.78 is 28.7. The molecular formula is C25H29N3O3S. The Bertz CT molecular complexity index is 1270. The summed E-state index contributed by atoms with van der Waals surface area (Å²) in [5, 5.41) is 0. The van der Waals surface area contributed by atoms with Crippen LogP contribution in [0.2, 0.25) is 0 Å². The SMILES string of the molecule is CC(C)n1ccc2c(c1=O)C(Cc1cccc(-c3ccccc3)n1)C(NS(C)(=O)=O)CC2. The molecule has 1 N–H and O–H groups in total. The summed E-state index contributed by atoms with van der Waals surface area (Å²) in [4.78, 5) is 18.3. The molecule has 1 aliphatic rings. The van der Waals surface area contributed by atoms with E-state index in [2.05, 4.69) is 4.72 Å². The van der Waals surface area contributed by atoms with Gasteiger partial charge < -0.3 is 4.57 Å². The summed E-state index contributed by atoms with van der Waals surface area (Å²) in [5.74, 6) is -0.286. The van der Waals surface area contributed by atoms with Gasteiger partial charge in [-0.15, -0.1) is 0 Å². The zero-order valence-electron chi connectivity index (χ0n) is 18.7. The maximum absolute atomic E-state index is 13.4. The summed E-state index contributed by atoms with van der Waals surface area (Å²) in [6.07, 6.45) is 4.82. The van der Waals surface area contributed by atoms with Gasteiger partial charge in [0.05, 0.1) is 11.9 Å². The van der Waals surface area contributed by atoms with Crippen molar-refractivity contribution >= 4 is 10.0 Å². The van der Waals surface area contributed by atoms with E-state index in [4.69, 9.17) is 4.98 Å². The van der Waals surface area contributed by atoms with Gasteiger partial charge in [0, 0.05) is 41.0 Å². The normalized spacial score (nSPS) is 18.5. The van der Waals surface area contributed by atoms with E-state index in [1.165, 1.54) is 6.26 Å². The highest BCUT2D eigenvalue weighted by Crippen LogP contribution is 2.33. The molecule has 168 valence electrons. The molecular weight excluding hydrogens is 422 g/mol. The number of fused-ring (bicyclic) bond motifs is 1. The molecule has 1 aliphatic carbocycles. The van der Waals surface area contributed by atoms with Gasteiger partial charge in [-0.25, -0.2) is 13.1 Å². The predicted octanol–water partition coefficient (Wildman–Crippen LogP) is 3.68. The van der Waals surface area contributed by atoms with E-state index >= 15 is 0 Å². The Hall–Kier alpha value is -2.77. The molecule has 2 aromatic heterocycles. The minimum Gasteiger partial charge on any atom is -0.313 e. The van der Waals surface area contributed by atoms with E-state index in [1.54, 1.807) is 4.57 Å². The maximum Gasteiger partial charge on any atom is 0.254 e. The van der Waals surface area contributed by atoms with E-state index < -0.39 is 10.0 Å². The number of sulfonamides is 1. The summed E-state index contributed by atoms with van der Waals surface area (Å²) >= 11 is 0. The average Bonchev–Trinajstić information content (AvgIpc) is 2.75. The monoisotopic (exact) mass is 451 g/mol. The first-order valence-corrected chi connectivity index (χ1v) is 12.8. The number of nitrogens with zero attached hydrogens (tertiary/aromatic N) is 2. The molecule has 0 saturated heterocycles. The molecule has 0 amide bonds. The first kappa shape index (κ1) is 22.4. The van der Waals surface area contributed by atoms with Crippen LogP contribution in [0.1, 0.15) is 49.0 Å². The molecule has 0 saturated carbocycles. The van der Waals surface area contributed by atoms with Crippen LogP contribution in [0.4, 0.5) is 0 Å². The largest absolute Gasteiger partial charge is 0.313 e. The topological polar surface area (TPSA) is 81.1 Å². The van der Waals surface area contributed by atoms with Crippen molar-refractivity contribution in [3.05, 3.63) is 88.0 Å². The highest BCUT2D eigenvalue weighted by molar-refractivity contribution is 7.88. The van der Waals surface area contributed by atoms with Gasteiger partial charge in [0.15, 0.2) is 0 Å². The van der Waals surface area contributed by atoms with Gasteiger partial charge in [0.25, 0.3) is 5.56 Å². The number of hydrogen-bond donors (Lipinski definition) is 1. The fourth-order valence-corrected chi connectivity index (χ4v) is 5.42. The quantitative estimate of drug-likeness (QED) is 0.620. The van der Waals surface area contributed by atoms with E-state index in [1.807, 2.05) is 74.6 Å². The lowest BCUT2D eigenvalue weighted by Gasteiger charge is -2.33. The van der Waals surface area contributed by atoms with Crippen molar-refractivity contribution in [1.29, 1.82) is 0 Å². The molecule has 32 heavy (non-hydrogen) atoms. The fraction of sp³-hybridized carbons (Fsp3) is 0.360. The molecule has 0 fully saturated rings. The lowest BCUT2D eigenvalue weighted by Crippen LogP contribution is -2.45. The second-order valence-corrected chi connectivity index (χ2v) is 10.6. The van der Waals surface area contributed by atoms with Crippen molar-refractivity contribution in [3.8, 4) is 11.3 Å². The van der Waals surface area contributed by atoms with Crippen molar-refractivity contribution in [2.75, 3.05) is 6.26 Å². The second-order valence-electron chi connectivity index (χ2n) is 8.79. The third kappa shape index (κ3) is 4.84. The van der Waals surface area contributed by atoms with Crippen LogP contribution in [-0.2, 0) is 22.9 Å². The van der Waals surface area contributed by atoms with Crippen molar-refractivity contribution in [3.63, 3.8) is 0 Å². The van der Waals surface area contributed by atoms with Crippen LogP contribution in [0.25, 0.3) is 11.3 Å². The van der Waals surface area contributed by atoms with Crippen molar-refractivity contribution in [1.82, 2.24) is 14.3 Å². The highest BCUT2D eigenvalue weighted by Gasteiger charge is 2.34. The molecule has 0 spiro atoms. The van der Waals surface area contributed by atoms with Crippen LogP contribution in [0.3, 0.4) is 0 Å². The zero-order valence-corrected chi connectivity index (χ0v) is 19.5. The van der Waals surface area contributed by atoms with Gasteiger partial charge in [0.2, 0.25) is 10.0 Å². The summed E-state index contributed by atoms with van der Waals surface area (Å²) in [7, 11) is -3.42. The maximum atomic E-state index is 13.4. The third-order valence-electron chi connectivity index (χ3n) is 6.06. The fourth-order valence-electron chi connectivity index (χ4n) is 4.59. The van der Waals surface area contributed by atoms with Crippen molar-refractivity contribution < 1.29 is 8.42 Å². The summed E-state index contributed by atoms with van der Waals surface area (Å²) in [5.41, 5.74) is 4.39. The predicted molar refractivity (Wildman–Crippen MR) is 127 cm³/mol. The van der Waals surface area contributed by atoms with Crippen molar-refractivity contribution in [2.24, 2.45) is 0 Å². The van der Waals surface area contributed by atoms with Crippen molar-refractivity contribution in [2.45, 2.75) is 51.1 Å². The number of rotatable bonds is 6. The van der Waals surface area contributed by atoms with E-state index in [0.717, 1.165) is 22.5 Å². The molecule has 2 heterocycles. The molecule has 3 aromatic rings. The molecule has 4 rings (SSSR count). The second kappa shape index (κ2) is 9.00. The van der Waals surface area contributed by atoms with Gasteiger partial charge in [-0.3, -0.25) is 9.78 Å². The Morgan fingerprint density at radius 1 is 1.09 bits per heavy atom. The lowest BCUT2D eigenvalue weighted by molar-refractivity contribution is 0.418. The first-order valence-electron chi connectivity index (χ1n) is 11.0. The van der Waals surface area contributed by atoms with Gasteiger partial charge in [-0.05, 0) is 56.9 Å². The molecule has 0 bridgehead atoms. The summed E-state index contributed by atoms with van der Waals surface area (Å²) in [6, 6.07) is 17.5.